The SMILES string of the molecule is CC(N)Cc1ccc(Sc2ncn[nH]2)c(C(F)(F)F)c1. The number of H-pyrrole nitrogens is 1. The molecule has 4 nitrogen and oxygen atoms in total. The molecule has 0 bridgehead atoms. The molecule has 1 unspecified atom stereocenters. The number of aromatic amines is 1. The summed E-state index contributed by atoms with van der Waals surface area (Å²) < 4.78 is 39.3. The maximum absolute atomic E-state index is 13.1. The van der Waals surface area contributed by atoms with E-state index in [2.05, 4.69) is 15.2 Å². The number of benzene rings is 1. The Morgan fingerprint density at radius 2 is 2.15 bits per heavy atom. The number of hydrogen-bond acceptors (Lipinski definition) is 4. The fourth-order valence-electron chi connectivity index (χ4n) is 1.73. The lowest BCUT2D eigenvalue weighted by Crippen LogP contribution is -2.18. The Hall–Kier alpha value is -1.54. The van der Waals surface area contributed by atoms with Crippen LogP contribution in [0.3, 0.4) is 0 Å². The first-order valence-electron chi connectivity index (χ1n) is 5.85. The van der Waals surface area contributed by atoms with Crippen molar-refractivity contribution in [3.8, 4) is 0 Å². The van der Waals surface area contributed by atoms with Crippen LogP contribution in [0.4, 0.5) is 13.2 Å². The van der Waals surface area contributed by atoms with Crippen molar-refractivity contribution in [2.45, 2.75) is 35.6 Å². The van der Waals surface area contributed by atoms with Crippen LogP contribution in [0.1, 0.15) is 18.1 Å². The highest BCUT2D eigenvalue weighted by Gasteiger charge is 2.34. The van der Waals surface area contributed by atoms with Crippen molar-refractivity contribution >= 4 is 11.8 Å². The number of nitrogens with one attached hydrogen (secondary N) is 1. The smallest absolute Gasteiger partial charge is 0.328 e. The molecule has 1 aromatic carbocycles. The lowest BCUT2D eigenvalue weighted by Gasteiger charge is -2.14. The van der Waals surface area contributed by atoms with Crippen LogP contribution in [-0.4, -0.2) is 21.2 Å². The van der Waals surface area contributed by atoms with Gasteiger partial charge in [0.1, 0.15) is 6.33 Å². The Bertz CT molecular complexity index is 567. The van der Waals surface area contributed by atoms with Crippen molar-refractivity contribution in [2.24, 2.45) is 5.73 Å². The predicted molar refractivity (Wildman–Crippen MR) is 69.3 cm³/mol. The highest BCUT2D eigenvalue weighted by molar-refractivity contribution is 7.99. The van der Waals surface area contributed by atoms with Gasteiger partial charge < -0.3 is 5.73 Å². The minimum atomic E-state index is -4.42. The minimum absolute atomic E-state index is 0.0858. The van der Waals surface area contributed by atoms with E-state index in [1.165, 1.54) is 12.4 Å². The monoisotopic (exact) mass is 302 g/mol. The maximum atomic E-state index is 13.1. The van der Waals surface area contributed by atoms with E-state index in [1.807, 2.05) is 0 Å². The summed E-state index contributed by atoms with van der Waals surface area (Å²) in [6.45, 7) is 1.75. The quantitative estimate of drug-likeness (QED) is 0.911. The second-order valence-electron chi connectivity index (χ2n) is 4.40. The van der Waals surface area contributed by atoms with Crippen LogP contribution >= 0.6 is 11.8 Å². The van der Waals surface area contributed by atoms with E-state index in [4.69, 9.17) is 5.73 Å². The maximum Gasteiger partial charge on any atom is 0.417 e. The van der Waals surface area contributed by atoms with Crippen molar-refractivity contribution < 1.29 is 13.2 Å². The van der Waals surface area contributed by atoms with E-state index >= 15 is 0 Å². The highest BCUT2D eigenvalue weighted by atomic mass is 32.2. The van der Waals surface area contributed by atoms with Gasteiger partial charge in [-0.2, -0.15) is 18.3 Å². The number of halogens is 3. The predicted octanol–water partition coefficient (Wildman–Crippen LogP) is 2.86. The zero-order valence-corrected chi connectivity index (χ0v) is 11.4. The minimum Gasteiger partial charge on any atom is -0.328 e. The molecule has 0 aliphatic heterocycles. The Morgan fingerprint density at radius 1 is 1.40 bits per heavy atom. The number of nitrogens with two attached hydrogens (primary N) is 1. The molecule has 3 N–H and O–H groups in total. The standard InChI is InChI=1S/C12H13F3N4S/c1-7(16)4-8-2-3-10(9(5-8)12(13,14)15)20-11-17-6-18-19-11/h2-3,5-7H,4,16H2,1H3,(H,17,18,19). The van der Waals surface area contributed by atoms with Crippen LogP contribution in [0.15, 0.2) is 34.6 Å². The summed E-state index contributed by atoms with van der Waals surface area (Å²) in [4.78, 5) is 3.90. The van der Waals surface area contributed by atoms with E-state index < -0.39 is 11.7 Å². The molecule has 0 aliphatic carbocycles. The lowest BCUT2D eigenvalue weighted by atomic mass is 10.0. The Balaban J connectivity index is 2.35. The lowest BCUT2D eigenvalue weighted by molar-refractivity contribution is -0.139. The van der Waals surface area contributed by atoms with Gasteiger partial charge in [-0.1, -0.05) is 6.07 Å². The molecule has 20 heavy (non-hydrogen) atoms. The second-order valence-corrected chi connectivity index (χ2v) is 5.43. The van der Waals surface area contributed by atoms with Gasteiger partial charge in [0.25, 0.3) is 0 Å². The zero-order chi connectivity index (χ0) is 14.8. The highest BCUT2D eigenvalue weighted by Crippen LogP contribution is 2.39. The number of nitrogens with zero attached hydrogens (tertiary/aromatic N) is 2. The zero-order valence-electron chi connectivity index (χ0n) is 10.6. The van der Waals surface area contributed by atoms with Crippen molar-refractivity contribution in [2.75, 3.05) is 0 Å². The van der Waals surface area contributed by atoms with Gasteiger partial charge in [-0.25, -0.2) is 4.98 Å². The molecule has 1 heterocycles. The van der Waals surface area contributed by atoms with Crippen LogP contribution in [-0.2, 0) is 12.6 Å². The van der Waals surface area contributed by atoms with Crippen molar-refractivity contribution in [3.63, 3.8) is 0 Å². The third-order valence-electron chi connectivity index (χ3n) is 2.51. The van der Waals surface area contributed by atoms with Crippen molar-refractivity contribution in [1.29, 1.82) is 0 Å². The molecule has 0 radical (unpaired) electrons. The summed E-state index contributed by atoms with van der Waals surface area (Å²) >= 11 is 0.895. The van der Waals surface area contributed by atoms with E-state index in [0.29, 0.717) is 17.1 Å². The van der Waals surface area contributed by atoms with Crippen LogP contribution < -0.4 is 5.73 Å². The molecule has 1 atom stereocenters. The average Bonchev–Trinajstić information content (AvgIpc) is 2.82. The van der Waals surface area contributed by atoms with Crippen LogP contribution in [0, 0.1) is 0 Å². The van der Waals surface area contributed by atoms with Crippen LogP contribution in [0.25, 0.3) is 0 Å². The third-order valence-corrected chi connectivity index (χ3v) is 3.47. The number of rotatable bonds is 4. The Kier molecular flexibility index (Phi) is 4.34. The van der Waals surface area contributed by atoms with Gasteiger partial charge in [0.05, 0.1) is 5.56 Å². The molecule has 0 amide bonds. The van der Waals surface area contributed by atoms with Crippen LogP contribution in [0.2, 0.25) is 0 Å². The average molecular weight is 302 g/mol. The molecule has 0 aliphatic rings. The largest absolute Gasteiger partial charge is 0.417 e. The van der Waals surface area contributed by atoms with Gasteiger partial charge in [-0.15, -0.1) is 0 Å². The van der Waals surface area contributed by atoms with Gasteiger partial charge in [0, 0.05) is 10.9 Å². The second kappa shape index (κ2) is 5.84. The normalized spacial score (nSPS) is 13.4. The summed E-state index contributed by atoms with van der Waals surface area (Å²) in [7, 11) is 0. The van der Waals surface area contributed by atoms with Gasteiger partial charge >= 0.3 is 6.18 Å². The van der Waals surface area contributed by atoms with Crippen molar-refractivity contribution in [1.82, 2.24) is 15.2 Å². The molecule has 2 rings (SSSR count). The summed E-state index contributed by atoms with van der Waals surface area (Å²) in [5.41, 5.74) is 5.50. The topological polar surface area (TPSA) is 67.6 Å². The molecule has 0 saturated heterocycles. The van der Waals surface area contributed by atoms with Gasteiger partial charge in [0.2, 0.25) is 0 Å². The summed E-state index contributed by atoms with van der Waals surface area (Å²) in [5.74, 6) is 0. The van der Waals surface area contributed by atoms with Crippen molar-refractivity contribution in [3.05, 3.63) is 35.7 Å². The summed E-state index contributed by atoms with van der Waals surface area (Å²) in [6, 6.07) is 4.04. The molecule has 1 aromatic heterocycles. The molecular formula is C12H13F3N4S. The third kappa shape index (κ3) is 3.73. The molecule has 108 valence electrons. The molecule has 0 spiro atoms. The molecule has 0 saturated carbocycles. The van der Waals surface area contributed by atoms with E-state index in [-0.39, 0.29) is 10.9 Å². The molecule has 2 aromatic rings. The Labute approximate surface area is 118 Å². The summed E-state index contributed by atoms with van der Waals surface area (Å²) in [6.07, 6.45) is -2.77. The number of hydrogen-bond donors (Lipinski definition) is 2. The molecule has 0 fully saturated rings. The Morgan fingerprint density at radius 3 is 2.70 bits per heavy atom. The molecule has 8 heteroatoms. The first kappa shape index (κ1) is 14.9. The first-order chi connectivity index (χ1) is 9.36. The first-order valence-corrected chi connectivity index (χ1v) is 6.67. The van der Waals surface area contributed by atoms with Gasteiger partial charge in [0.15, 0.2) is 5.16 Å². The fourth-order valence-corrected chi connectivity index (χ4v) is 2.56. The van der Waals surface area contributed by atoms with Crippen LogP contribution in [0.5, 0.6) is 0 Å². The van der Waals surface area contributed by atoms with E-state index in [9.17, 15) is 13.2 Å². The number of alkyl halides is 3. The van der Waals surface area contributed by atoms with E-state index in [0.717, 1.165) is 17.8 Å². The number of aromatic nitrogens is 3. The van der Waals surface area contributed by atoms with Gasteiger partial charge in [-0.3, -0.25) is 5.10 Å². The van der Waals surface area contributed by atoms with E-state index in [1.54, 1.807) is 13.0 Å². The van der Waals surface area contributed by atoms with Gasteiger partial charge in [-0.05, 0) is 42.8 Å². The fraction of sp³-hybridized carbons (Fsp3) is 0.333. The summed E-state index contributed by atoms with van der Waals surface area (Å²) in [5, 5.41) is 6.45. The molecular weight excluding hydrogens is 289 g/mol.